The number of rotatable bonds is 8. The van der Waals surface area contributed by atoms with Crippen LogP contribution < -0.4 is 10.1 Å². The van der Waals surface area contributed by atoms with Crippen molar-refractivity contribution >= 4 is 17.8 Å². The van der Waals surface area contributed by atoms with Gasteiger partial charge in [-0.25, -0.2) is 9.59 Å². The SMILES string of the molecule is COC(=O)c1cc(O[C@@H](C)C(=O)NCCc2ccccc2)cc(C(=O)OC)c1. The molecule has 0 spiro atoms. The first-order valence-electron chi connectivity index (χ1n) is 8.74. The van der Waals surface area contributed by atoms with Gasteiger partial charge < -0.3 is 19.5 Å². The van der Waals surface area contributed by atoms with Crippen molar-refractivity contribution in [3.8, 4) is 5.75 Å². The first-order valence-corrected chi connectivity index (χ1v) is 8.74. The van der Waals surface area contributed by atoms with Gasteiger partial charge in [-0.05, 0) is 37.1 Å². The summed E-state index contributed by atoms with van der Waals surface area (Å²) < 4.78 is 15.0. The van der Waals surface area contributed by atoms with Gasteiger partial charge in [0.25, 0.3) is 5.91 Å². The smallest absolute Gasteiger partial charge is 0.338 e. The number of benzene rings is 2. The highest BCUT2D eigenvalue weighted by molar-refractivity contribution is 5.96. The summed E-state index contributed by atoms with van der Waals surface area (Å²) in [5.74, 6) is -1.38. The molecule has 0 heterocycles. The molecule has 1 amide bonds. The first-order chi connectivity index (χ1) is 13.4. The van der Waals surface area contributed by atoms with E-state index >= 15 is 0 Å². The van der Waals surface area contributed by atoms with E-state index in [9.17, 15) is 14.4 Å². The summed E-state index contributed by atoms with van der Waals surface area (Å²) in [4.78, 5) is 35.9. The van der Waals surface area contributed by atoms with Crippen LogP contribution in [0.4, 0.5) is 0 Å². The van der Waals surface area contributed by atoms with Crippen molar-refractivity contribution in [3.05, 3.63) is 65.2 Å². The van der Waals surface area contributed by atoms with E-state index < -0.39 is 18.0 Å². The van der Waals surface area contributed by atoms with Crippen LogP contribution in [-0.2, 0) is 20.7 Å². The van der Waals surface area contributed by atoms with Crippen LogP contribution in [0.2, 0.25) is 0 Å². The molecule has 0 aliphatic carbocycles. The predicted octanol–water partition coefficient (Wildman–Crippen LogP) is 2.39. The Morgan fingerprint density at radius 2 is 1.50 bits per heavy atom. The fourth-order valence-corrected chi connectivity index (χ4v) is 2.51. The van der Waals surface area contributed by atoms with Crippen LogP contribution in [-0.4, -0.2) is 44.7 Å². The summed E-state index contributed by atoms with van der Waals surface area (Å²) in [5.41, 5.74) is 1.36. The summed E-state index contributed by atoms with van der Waals surface area (Å²) in [6.07, 6.45) is -0.127. The Labute approximate surface area is 163 Å². The highest BCUT2D eigenvalue weighted by atomic mass is 16.5. The van der Waals surface area contributed by atoms with E-state index in [2.05, 4.69) is 14.8 Å². The van der Waals surface area contributed by atoms with Crippen LogP contribution in [0.1, 0.15) is 33.2 Å². The normalized spacial score (nSPS) is 11.2. The maximum absolute atomic E-state index is 12.3. The van der Waals surface area contributed by atoms with Gasteiger partial charge in [-0.15, -0.1) is 0 Å². The first kappa shape index (κ1) is 21.0. The number of hydrogen-bond donors (Lipinski definition) is 1. The quantitative estimate of drug-likeness (QED) is 0.702. The fraction of sp³-hybridized carbons (Fsp3) is 0.286. The van der Waals surface area contributed by atoms with Gasteiger partial charge in [0.05, 0.1) is 25.3 Å². The molecule has 2 rings (SSSR count). The van der Waals surface area contributed by atoms with E-state index in [-0.39, 0.29) is 22.8 Å². The molecule has 0 saturated carbocycles. The van der Waals surface area contributed by atoms with Gasteiger partial charge >= 0.3 is 11.9 Å². The molecule has 0 saturated heterocycles. The number of carbonyl (C=O) groups excluding carboxylic acids is 3. The van der Waals surface area contributed by atoms with Crippen LogP contribution >= 0.6 is 0 Å². The molecular formula is C21H23NO6. The van der Waals surface area contributed by atoms with E-state index in [0.29, 0.717) is 13.0 Å². The second kappa shape index (κ2) is 10.1. The largest absolute Gasteiger partial charge is 0.481 e. The Kier molecular flexibility index (Phi) is 7.56. The molecule has 1 atom stereocenters. The zero-order valence-electron chi connectivity index (χ0n) is 16.1. The standard InChI is InChI=1S/C21H23NO6/c1-14(19(23)22-10-9-15-7-5-4-6-8-15)28-18-12-16(20(24)26-2)11-17(13-18)21(25)27-3/h4-8,11-14H,9-10H2,1-3H3,(H,22,23)/t14-/m0/s1. The average molecular weight is 385 g/mol. The van der Waals surface area contributed by atoms with Crippen LogP contribution in [0.5, 0.6) is 5.75 Å². The van der Waals surface area contributed by atoms with Gasteiger partial charge in [-0.1, -0.05) is 30.3 Å². The van der Waals surface area contributed by atoms with Crippen LogP contribution in [0.25, 0.3) is 0 Å². The third kappa shape index (κ3) is 5.84. The summed E-state index contributed by atoms with van der Waals surface area (Å²) in [5, 5.41) is 2.80. The number of methoxy groups -OCH3 is 2. The van der Waals surface area contributed by atoms with Gasteiger partial charge in [-0.3, -0.25) is 4.79 Å². The monoisotopic (exact) mass is 385 g/mol. The van der Waals surface area contributed by atoms with Gasteiger partial charge in [0.1, 0.15) is 5.75 Å². The third-order valence-electron chi connectivity index (χ3n) is 3.99. The molecule has 0 unspecified atom stereocenters. The lowest BCUT2D eigenvalue weighted by Gasteiger charge is -2.16. The van der Waals surface area contributed by atoms with E-state index in [1.54, 1.807) is 6.92 Å². The molecule has 7 heteroatoms. The Bertz CT molecular complexity index is 800. The van der Waals surface area contributed by atoms with Crippen molar-refractivity contribution in [2.24, 2.45) is 0 Å². The lowest BCUT2D eigenvalue weighted by Crippen LogP contribution is -2.37. The molecule has 0 aliphatic heterocycles. The third-order valence-corrected chi connectivity index (χ3v) is 3.99. The summed E-state index contributed by atoms with van der Waals surface area (Å²) in [6, 6.07) is 13.9. The molecule has 2 aromatic carbocycles. The molecular weight excluding hydrogens is 362 g/mol. The predicted molar refractivity (Wildman–Crippen MR) is 102 cm³/mol. The van der Waals surface area contributed by atoms with Gasteiger partial charge in [-0.2, -0.15) is 0 Å². The molecule has 0 fully saturated rings. The zero-order chi connectivity index (χ0) is 20.5. The van der Waals surface area contributed by atoms with Crippen molar-refractivity contribution < 1.29 is 28.6 Å². The van der Waals surface area contributed by atoms with Gasteiger partial charge in [0, 0.05) is 6.54 Å². The molecule has 0 bridgehead atoms. The van der Waals surface area contributed by atoms with Crippen LogP contribution in [0.3, 0.4) is 0 Å². The highest BCUT2D eigenvalue weighted by Crippen LogP contribution is 2.20. The van der Waals surface area contributed by atoms with Crippen molar-refractivity contribution in [2.75, 3.05) is 20.8 Å². The average Bonchev–Trinajstić information content (AvgIpc) is 2.72. The molecule has 0 aliphatic rings. The minimum Gasteiger partial charge on any atom is -0.481 e. The zero-order valence-corrected chi connectivity index (χ0v) is 16.1. The fourth-order valence-electron chi connectivity index (χ4n) is 2.51. The second-order valence-corrected chi connectivity index (χ2v) is 6.02. The molecule has 7 nitrogen and oxygen atoms in total. The number of esters is 2. The molecule has 2 aromatic rings. The minimum atomic E-state index is -0.825. The topological polar surface area (TPSA) is 90.9 Å². The van der Waals surface area contributed by atoms with E-state index in [1.165, 1.54) is 32.4 Å². The summed E-state index contributed by atoms with van der Waals surface area (Å²) in [7, 11) is 2.47. The van der Waals surface area contributed by atoms with Crippen molar-refractivity contribution in [1.82, 2.24) is 5.32 Å². The van der Waals surface area contributed by atoms with Crippen LogP contribution in [0, 0.1) is 0 Å². The molecule has 0 aromatic heterocycles. The van der Waals surface area contributed by atoms with E-state index in [1.807, 2.05) is 30.3 Å². The number of amides is 1. The summed E-state index contributed by atoms with van der Waals surface area (Å²) in [6.45, 7) is 2.05. The highest BCUT2D eigenvalue weighted by Gasteiger charge is 2.18. The number of nitrogens with one attached hydrogen (secondary N) is 1. The Morgan fingerprint density at radius 1 is 0.929 bits per heavy atom. The Hall–Kier alpha value is -3.35. The van der Waals surface area contributed by atoms with Crippen LogP contribution in [0.15, 0.2) is 48.5 Å². The van der Waals surface area contributed by atoms with E-state index in [4.69, 9.17) is 4.74 Å². The van der Waals surface area contributed by atoms with E-state index in [0.717, 1.165) is 5.56 Å². The Balaban J connectivity index is 2.02. The lowest BCUT2D eigenvalue weighted by atomic mass is 10.1. The van der Waals surface area contributed by atoms with Crippen molar-refractivity contribution in [3.63, 3.8) is 0 Å². The Morgan fingerprint density at radius 3 is 2.04 bits per heavy atom. The van der Waals surface area contributed by atoms with Crippen molar-refractivity contribution in [2.45, 2.75) is 19.4 Å². The van der Waals surface area contributed by atoms with Gasteiger partial charge in [0.15, 0.2) is 6.10 Å². The maximum atomic E-state index is 12.3. The number of ether oxygens (including phenoxy) is 3. The number of carbonyl (C=O) groups is 3. The second-order valence-electron chi connectivity index (χ2n) is 6.02. The number of hydrogen-bond acceptors (Lipinski definition) is 6. The molecule has 1 N–H and O–H groups in total. The minimum absolute atomic E-state index is 0.122. The lowest BCUT2D eigenvalue weighted by molar-refractivity contribution is -0.127. The molecule has 28 heavy (non-hydrogen) atoms. The van der Waals surface area contributed by atoms with Crippen molar-refractivity contribution in [1.29, 1.82) is 0 Å². The molecule has 148 valence electrons. The van der Waals surface area contributed by atoms with Gasteiger partial charge in [0.2, 0.25) is 0 Å². The summed E-state index contributed by atoms with van der Waals surface area (Å²) >= 11 is 0. The molecule has 0 radical (unpaired) electrons. The maximum Gasteiger partial charge on any atom is 0.338 e.